The van der Waals surface area contributed by atoms with Crippen LogP contribution in [-0.4, -0.2) is 285 Å². The number of nitrogens with two attached hydrogens (primary N) is 2. The summed E-state index contributed by atoms with van der Waals surface area (Å²) < 4.78 is 0. The van der Waals surface area contributed by atoms with Gasteiger partial charge in [0.15, 0.2) is 0 Å². The van der Waals surface area contributed by atoms with E-state index < -0.39 is 238 Å². The van der Waals surface area contributed by atoms with Gasteiger partial charge in [0.05, 0.1) is 64.6 Å². The highest BCUT2D eigenvalue weighted by Gasteiger charge is 2.41. The second kappa shape index (κ2) is 49.0. The SMILES string of the molecule is CC(C)C[C@H](NC(=O)[C@@H](NC(=O)[C@H](CO)NC(=O)[C@@H](N)CO)[C@@H](C)O)C(=O)N[C@@H](CCCCN)C(=O)N[C@H](C(=O)N[C@@H](Cc1ccccc1)C(=O)N[C@@H](Cc1ccccc1)C(=O)NCC(=O)N[C@@H](Cc1ccccc1)C(=O)N1CCC[C@H]1C(=O)N[C@@H](CC(=O)O)C(=O)NCC(=O)NCC(=O)NCC(=O)N[C@@H](CO)C(=O)O)[C@@H](C)O. The third-order valence-corrected chi connectivity index (χ3v) is 17.5. The number of rotatable bonds is 49. The van der Waals surface area contributed by atoms with Gasteiger partial charge in [-0.15, -0.1) is 0 Å². The van der Waals surface area contributed by atoms with E-state index in [0.29, 0.717) is 23.1 Å². The molecule has 0 unspecified atom stereocenters. The first kappa shape index (κ1) is 94.7. The molecular weight excluding hydrogens is 1500 g/mol. The summed E-state index contributed by atoms with van der Waals surface area (Å²) in [5.74, 6) is -18.6. The Labute approximate surface area is 655 Å². The minimum atomic E-state index is -1.86. The second-order valence-electron chi connectivity index (χ2n) is 27.3. The summed E-state index contributed by atoms with van der Waals surface area (Å²) in [7, 11) is 0. The van der Waals surface area contributed by atoms with E-state index in [0.717, 1.165) is 18.7 Å². The molecule has 41 heteroatoms. The van der Waals surface area contributed by atoms with Gasteiger partial charge in [0, 0.05) is 25.8 Å². The van der Waals surface area contributed by atoms with Crippen LogP contribution in [0.5, 0.6) is 0 Å². The summed E-state index contributed by atoms with van der Waals surface area (Å²) in [6.07, 6.45) is -4.50. The molecule has 0 radical (unpaired) electrons. The molecule has 1 aliphatic rings. The van der Waals surface area contributed by atoms with E-state index in [9.17, 15) is 107 Å². The maximum atomic E-state index is 14.8. The number of nitrogens with zero attached hydrogens (tertiary/aromatic N) is 1. The van der Waals surface area contributed by atoms with Crippen molar-refractivity contribution in [2.24, 2.45) is 17.4 Å². The second-order valence-corrected chi connectivity index (χ2v) is 27.3. The standard InChI is InChI=1S/C73H105N17O24/c1-39(2)27-47(85-70(110)61(41(4)95)89-68(108)52(37-92)87-62(102)45(75)36-91)66(106)82-46(23-14-15-25-74)65(105)88-60(40(3)94)71(111)86-49(29-43-19-10-6-11-20-43)67(107)83-48(28-42-17-8-5-9-18-42)63(103)79-35-58(99)80-51(30-44-21-12-7-13-22-44)72(112)90-26-16-24-54(90)69(109)84-50(31-59(100)101)64(104)78-33-56(97)76-32-55(96)77-34-57(98)81-53(38-93)73(113)114/h5-13,17-22,39-41,45-54,60-61,91-95H,14-16,23-38,74-75H2,1-4H3,(H,76,97)(H,77,96)(H,78,104)(H,79,103)(H,80,99)(H,81,98)(H,82,106)(H,83,107)(H,84,109)(H,85,110)(H,86,111)(H,87,102)(H,88,105)(H,89,108)(H,100,101)(H,113,114)/t40-,41-,45+,46+,47+,48+,49+,50+,51+,52+,53+,54+,60+,61+/m1/s1. The number of hydrogen-bond acceptors (Lipinski definition) is 24. The molecule has 0 bridgehead atoms. The first-order valence-electron chi connectivity index (χ1n) is 36.7. The number of carbonyl (C=O) groups is 17. The minimum absolute atomic E-state index is 0.00638. The fourth-order valence-corrected chi connectivity index (χ4v) is 11.5. The molecule has 0 aliphatic carbocycles. The summed E-state index contributed by atoms with van der Waals surface area (Å²) in [6.45, 7) is -0.146. The number of hydrogen-bond donors (Lipinski definition) is 23. The molecule has 0 aromatic heterocycles. The Kier molecular flexibility index (Phi) is 40.7. The van der Waals surface area contributed by atoms with Crippen LogP contribution in [0, 0.1) is 5.92 Å². The van der Waals surface area contributed by atoms with E-state index in [1.807, 2.05) is 5.32 Å². The average Bonchev–Trinajstić information content (AvgIpc) is 1.63. The average molecular weight is 1600 g/mol. The van der Waals surface area contributed by atoms with Gasteiger partial charge in [-0.3, -0.25) is 76.7 Å². The lowest BCUT2D eigenvalue weighted by Crippen LogP contribution is -2.63. The molecule has 1 aliphatic heterocycles. The molecule has 1 saturated heterocycles. The maximum Gasteiger partial charge on any atom is 0.328 e. The van der Waals surface area contributed by atoms with Crippen molar-refractivity contribution in [3.8, 4) is 0 Å². The first-order valence-corrected chi connectivity index (χ1v) is 36.7. The lowest BCUT2D eigenvalue weighted by atomic mass is 10.0. The lowest BCUT2D eigenvalue weighted by molar-refractivity contribution is -0.144. The highest BCUT2D eigenvalue weighted by molar-refractivity contribution is 6.00. The summed E-state index contributed by atoms with van der Waals surface area (Å²) in [4.78, 5) is 229. The first-order chi connectivity index (χ1) is 54.1. The molecule has 41 nitrogen and oxygen atoms in total. The van der Waals surface area contributed by atoms with E-state index in [1.165, 1.54) is 0 Å². The number of amides is 15. The summed E-state index contributed by atoms with van der Waals surface area (Å²) >= 11 is 0. The van der Waals surface area contributed by atoms with Crippen LogP contribution in [0.3, 0.4) is 0 Å². The van der Waals surface area contributed by atoms with E-state index in [1.54, 1.807) is 105 Å². The summed E-state index contributed by atoms with van der Waals surface area (Å²) in [5.41, 5.74) is 12.8. The van der Waals surface area contributed by atoms with E-state index in [-0.39, 0.29) is 70.4 Å². The van der Waals surface area contributed by atoms with Gasteiger partial charge in [0.2, 0.25) is 88.6 Å². The topological polar surface area (TPSA) is 655 Å². The van der Waals surface area contributed by atoms with Gasteiger partial charge in [-0.05, 0) is 81.5 Å². The maximum absolute atomic E-state index is 14.8. The number of likely N-dealkylation sites (tertiary alicyclic amines) is 1. The van der Waals surface area contributed by atoms with Crippen molar-refractivity contribution in [1.29, 1.82) is 0 Å². The number of aliphatic hydroxyl groups is 5. The van der Waals surface area contributed by atoms with Gasteiger partial charge in [-0.1, -0.05) is 105 Å². The molecule has 1 fully saturated rings. The zero-order valence-electron chi connectivity index (χ0n) is 63.4. The molecule has 3 aromatic rings. The van der Waals surface area contributed by atoms with Gasteiger partial charge < -0.3 is 127 Å². The Morgan fingerprint density at radius 3 is 1.30 bits per heavy atom. The number of nitrogens with one attached hydrogen (secondary N) is 14. The van der Waals surface area contributed by atoms with Crippen LogP contribution in [0.25, 0.3) is 0 Å². The number of benzene rings is 3. The van der Waals surface area contributed by atoms with Gasteiger partial charge in [-0.25, -0.2) is 4.79 Å². The van der Waals surface area contributed by atoms with Crippen molar-refractivity contribution in [1.82, 2.24) is 79.3 Å². The van der Waals surface area contributed by atoms with Crippen LogP contribution in [-0.2, 0) is 101 Å². The van der Waals surface area contributed by atoms with Gasteiger partial charge in [0.1, 0.15) is 72.5 Å². The summed E-state index contributed by atoms with van der Waals surface area (Å²) in [5, 5.41) is 102. The number of carboxylic acid groups (broad SMARTS) is 2. The van der Waals surface area contributed by atoms with Gasteiger partial charge in [0.25, 0.3) is 0 Å². The number of unbranched alkanes of at least 4 members (excludes halogenated alkanes) is 1. The van der Waals surface area contributed by atoms with Crippen molar-refractivity contribution in [2.75, 3.05) is 59.1 Å². The molecule has 4 rings (SSSR count). The lowest BCUT2D eigenvalue weighted by Gasteiger charge is -2.30. The largest absolute Gasteiger partial charge is 0.481 e. The van der Waals surface area contributed by atoms with Crippen molar-refractivity contribution in [2.45, 2.75) is 177 Å². The number of aliphatic hydroxyl groups excluding tert-OH is 5. The Balaban J connectivity index is 1.53. The van der Waals surface area contributed by atoms with Crippen LogP contribution < -0.4 is 85.9 Å². The summed E-state index contributed by atoms with van der Waals surface area (Å²) in [6, 6.07) is 5.57. The Hall–Kier alpha value is -11.6. The van der Waals surface area contributed by atoms with E-state index in [4.69, 9.17) is 21.7 Å². The quantitative estimate of drug-likeness (QED) is 0.0233. The van der Waals surface area contributed by atoms with Crippen molar-refractivity contribution in [3.05, 3.63) is 108 Å². The molecule has 3 aromatic carbocycles. The number of carboxylic acids is 2. The van der Waals surface area contributed by atoms with Crippen LogP contribution in [0.1, 0.15) is 89.3 Å². The Morgan fingerprint density at radius 2 is 0.833 bits per heavy atom. The zero-order valence-corrected chi connectivity index (χ0v) is 63.4. The van der Waals surface area contributed by atoms with E-state index >= 15 is 0 Å². The molecule has 25 N–H and O–H groups in total. The third-order valence-electron chi connectivity index (χ3n) is 17.5. The van der Waals surface area contributed by atoms with E-state index in [2.05, 4.69) is 69.1 Å². The molecule has 14 atom stereocenters. The normalized spacial score (nSPS) is 15.8. The van der Waals surface area contributed by atoms with Gasteiger partial charge in [-0.2, -0.15) is 0 Å². The monoisotopic (exact) mass is 1600 g/mol. The number of carbonyl (C=O) groups excluding carboxylic acids is 15. The molecular formula is C73H105N17O24. The predicted molar refractivity (Wildman–Crippen MR) is 401 cm³/mol. The predicted octanol–water partition coefficient (Wildman–Crippen LogP) is -9.18. The Morgan fingerprint density at radius 1 is 0.430 bits per heavy atom. The fourth-order valence-electron chi connectivity index (χ4n) is 11.5. The van der Waals surface area contributed by atoms with Crippen molar-refractivity contribution >= 4 is 101 Å². The van der Waals surface area contributed by atoms with Crippen molar-refractivity contribution < 1.29 is 117 Å². The molecule has 114 heavy (non-hydrogen) atoms. The molecule has 0 spiro atoms. The Bertz CT molecular complexity index is 3770. The molecule has 1 heterocycles. The minimum Gasteiger partial charge on any atom is -0.481 e. The van der Waals surface area contributed by atoms with Crippen LogP contribution >= 0.6 is 0 Å². The zero-order chi connectivity index (χ0) is 84.7. The van der Waals surface area contributed by atoms with Gasteiger partial charge >= 0.3 is 11.9 Å². The van der Waals surface area contributed by atoms with Crippen LogP contribution in [0.4, 0.5) is 0 Å². The molecule has 15 amide bonds. The highest BCUT2D eigenvalue weighted by atomic mass is 16.4. The molecule has 0 saturated carbocycles. The fraction of sp³-hybridized carbons (Fsp3) is 0.521. The van der Waals surface area contributed by atoms with Crippen molar-refractivity contribution in [3.63, 3.8) is 0 Å². The smallest absolute Gasteiger partial charge is 0.328 e. The highest BCUT2D eigenvalue weighted by Crippen LogP contribution is 2.21. The third kappa shape index (κ3) is 33.0. The van der Waals surface area contributed by atoms with Crippen LogP contribution in [0.15, 0.2) is 91.0 Å². The number of aliphatic carboxylic acids is 2. The van der Waals surface area contributed by atoms with Crippen LogP contribution in [0.2, 0.25) is 0 Å². The molecule has 626 valence electrons.